The molecule has 0 aliphatic rings. The minimum Gasteiger partial charge on any atom is -0.494 e. The van der Waals surface area contributed by atoms with Crippen molar-refractivity contribution >= 4 is 17.6 Å². The minimum absolute atomic E-state index is 0.0358. The lowest BCUT2D eigenvalue weighted by Crippen LogP contribution is -2.21. The molecule has 0 saturated heterocycles. The molecular weight excluding hydrogens is 278 g/mol. The van der Waals surface area contributed by atoms with Gasteiger partial charge in [0.1, 0.15) is 5.75 Å². The van der Waals surface area contributed by atoms with Crippen LogP contribution in [0, 0.1) is 11.8 Å². The number of carbonyl (C=O) groups is 1. The maximum absolute atomic E-state index is 10.7. The Morgan fingerprint density at radius 2 is 2.25 bits per heavy atom. The van der Waals surface area contributed by atoms with Crippen molar-refractivity contribution in [1.29, 1.82) is 0 Å². The number of aliphatic carboxylic acids is 1. The molecule has 2 atom stereocenters. The van der Waals surface area contributed by atoms with E-state index in [1.165, 1.54) is 0 Å². The Morgan fingerprint density at radius 1 is 1.50 bits per heavy atom. The second-order valence-electron chi connectivity index (χ2n) is 5.13. The van der Waals surface area contributed by atoms with Gasteiger partial charge >= 0.3 is 5.97 Å². The Kier molecular flexibility index (Phi) is 7.41. The fourth-order valence-corrected chi connectivity index (χ4v) is 2.31. The molecule has 1 aromatic carbocycles. The first-order valence-corrected chi connectivity index (χ1v) is 7.19. The van der Waals surface area contributed by atoms with Crippen LogP contribution in [-0.4, -0.2) is 24.2 Å². The molecule has 20 heavy (non-hydrogen) atoms. The molecule has 4 nitrogen and oxygen atoms in total. The zero-order valence-corrected chi connectivity index (χ0v) is 12.5. The lowest BCUT2D eigenvalue weighted by Gasteiger charge is -2.18. The highest BCUT2D eigenvalue weighted by molar-refractivity contribution is 6.30. The summed E-state index contributed by atoms with van der Waals surface area (Å²) in [5.41, 5.74) is 5.60. The van der Waals surface area contributed by atoms with Gasteiger partial charge in [0.2, 0.25) is 0 Å². The van der Waals surface area contributed by atoms with Crippen molar-refractivity contribution in [2.45, 2.75) is 26.2 Å². The van der Waals surface area contributed by atoms with E-state index in [0.29, 0.717) is 24.1 Å². The van der Waals surface area contributed by atoms with E-state index in [1.54, 1.807) is 12.1 Å². The van der Waals surface area contributed by atoms with E-state index < -0.39 is 5.97 Å². The van der Waals surface area contributed by atoms with Gasteiger partial charge in [0.15, 0.2) is 0 Å². The van der Waals surface area contributed by atoms with E-state index >= 15 is 0 Å². The van der Waals surface area contributed by atoms with Crippen LogP contribution in [0.2, 0.25) is 5.02 Å². The minimum atomic E-state index is -0.789. The fourth-order valence-electron chi connectivity index (χ4n) is 2.13. The molecule has 0 heterocycles. The van der Waals surface area contributed by atoms with E-state index in [9.17, 15) is 4.79 Å². The van der Waals surface area contributed by atoms with Gasteiger partial charge < -0.3 is 15.6 Å². The molecule has 0 aliphatic carbocycles. The number of carboxylic acid groups (broad SMARTS) is 1. The van der Waals surface area contributed by atoms with Gasteiger partial charge in [-0.2, -0.15) is 0 Å². The lowest BCUT2D eigenvalue weighted by molar-refractivity contribution is -0.138. The second-order valence-corrected chi connectivity index (χ2v) is 5.57. The number of benzene rings is 1. The molecule has 0 bridgehead atoms. The van der Waals surface area contributed by atoms with Crippen LogP contribution in [0.3, 0.4) is 0 Å². The molecule has 0 aromatic heterocycles. The Hall–Kier alpha value is -1.26. The first kappa shape index (κ1) is 16.8. The first-order valence-electron chi connectivity index (χ1n) is 6.81. The Bertz CT molecular complexity index is 425. The zero-order valence-electron chi connectivity index (χ0n) is 11.7. The predicted molar refractivity (Wildman–Crippen MR) is 80.1 cm³/mol. The summed E-state index contributed by atoms with van der Waals surface area (Å²) in [6.45, 7) is 3.09. The molecule has 0 aliphatic heterocycles. The summed E-state index contributed by atoms with van der Waals surface area (Å²) in [7, 11) is 0. The van der Waals surface area contributed by atoms with Crippen molar-refractivity contribution in [3.05, 3.63) is 29.3 Å². The van der Waals surface area contributed by atoms with Gasteiger partial charge in [0.25, 0.3) is 0 Å². The van der Waals surface area contributed by atoms with Crippen LogP contribution < -0.4 is 10.5 Å². The largest absolute Gasteiger partial charge is 0.494 e. The fraction of sp³-hybridized carbons (Fsp3) is 0.533. The lowest BCUT2D eigenvalue weighted by atomic mass is 9.91. The van der Waals surface area contributed by atoms with Gasteiger partial charge in [-0.25, -0.2) is 0 Å². The standard InChI is InChI=1S/C15H22ClNO3/c1-11(7-12(10-17)8-15(18)19)5-6-20-14-4-2-3-13(16)9-14/h2-4,9,11-12H,5-8,10,17H2,1H3,(H,18,19)/t11-,12+/m1/s1. The van der Waals surface area contributed by atoms with E-state index in [4.69, 9.17) is 27.2 Å². The van der Waals surface area contributed by atoms with Crippen LogP contribution in [0.15, 0.2) is 24.3 Å². The average Bonchev–Trinajstić information content (AvgIpc) is 2.37. The Labute approximate surface area is 124 Å². The number of hydrogen-bond donors (Lipinski definition) is 2. The van der Waals surface area contributed by atoms with Crippen LogP contribution >= 0.6 is 11.6 Å². The maximum Gasteiger partial charge on any atom is 0.303 e. The molecule has 5 heteroatoms. The zero-order chi connectivity index (χ0) is 15.0. The number of halogens is 1. The molecule has 0 saturated carbocycles. The third kappa shape index (κ3) is 6.78. The molecule has 0 unspecified atom stereocenters. The van der Waals surface area contributed by atoms with Crippen molar-refractivity contribution in [3.8, 4) is 5.75 Å². The van der Waals surface area contributed by atoms with Crippen molar-refractivity contribution in [1.82, 2.24) is 0 Å². The molecule has 0 spiro atoms. The van der Waals surface area contributed by atoms with Gasteiger partial charge in [-0.15, -0.1) is 0 Å². The summed E-state index contributed by atoms with van der Waals surface area (Å²) in [6.07, 6.45) is 1.81. The Morgan fingerprint density at radius 3 is 2.85 bits per heavy atom. The van der Waals surface area contributed by atoms with Crippen LogP contribution in [0.25, 0.3) is 0 Å². The summed E-state index contributed by atoms with van der Waals surface area (Å²) in [5.74, 6) is 0.379. The third-order valence-corrected chi connectivity index (χ3v) is 3.44. The highest BCUT2D eigenvalue weighted by Crippen LogP contribution is 2.20. The van der Waals surface area contributed by atoms with E-state index in [0.717, 1.165) is 18.6 Å². The molecule has 3 N–H and O–H groups in total. The molecule has 0 fully saturated rings. The average molecular weight is 300 g/mol. The van der Waals surface area contributed by atoms with E-state index in [-0.39, 0.29) is 12.3 Å². The molecule has 1 rings (SSSR count). The summed E-state index contributed by atoms with van der Waals surface area (Å²) < 4.78 is 5.62. The van der Waals surface area contributed by atoms with Crippen LogP contribution in [0.1, 0.15) is 26.2 Å². The summed E-state index contributed by atoms with van der Waals surface area (Å²) in [5, 5.41) is 9.44. The van der Waals surface area contributed by atoms with Gasteiger partial charge in [0, 0.05) is 11.4 Å². The molecule has 0 amide bonds. The van der Waals surface area contributed by atoms with E-state index in [2.05, 4.69) is 6.92 Å². The van der Waals surface area contributed by atoms with Crippen LogP contribution in [-0.2, 0) is 4.79 Å². The maximum atomic E-state index is 10.7. The van der Waals surface area contributed by atoms with Crippen LogP contribution in [0.4, 0.5) is 0 Å². The number of nitrogens with two attached hydrogens (primary N) is 1. The Balaban J connectivity index is 2.28. The number of carboxylic acids is 1. The molecule has 0 radical (unpaired) electrons. The number of ether oxygens (including phenoxy) is 1. The van der Waals surface area contributed by atoms with Gasteiger partial charge in [-0.05, 0) is 49.4 Å². The summed E-state index contributed by atoms with van der Waals surface area (Å²) in [4.78, 5) is 10.7. The summed E-state index contributed by atoms with van der Waals surface area (Å²) in [6, 6.07) is 7.29. The molecule has 112 valence electrons. The van der Waals surface area contributed by atoms with Crippen molar-refractivity contribution in [2.24, 2.45) is 17.6 Å². The van der Waals surface area contributed by atoms with E-state index in [1.807, 2.05) is 12.1 Å². The highest BCUT2D eigenvalue weighted by Gasteiger charge is 2.15. The molecular formula is C15H22ClNO3. The van der Waals surface area contributed by atoms with Crippen molar-refractivity contribution in [3.63, 3.8) is 0 Å². The van der Waals surface area contributed by atoms with Gasteiger partial charge in [0.05, 0.1) is 6.61 Å². The monoisotopic (exact) mass is 299 g/mol. The predicted octanol–water partition coefficient (Wildman–Crippen LogP) is 3.18. The third-order valence-electron chi connectivity index (χ3n) is 3.21. The quantitative estimate of drug-likeness (QED) is 0.734. The topological polar surface area (TPSA) is 72.5 Å². The smallest absolute Gasteiger partial charge is 0.303 e. The SMILES string of the molecule is C[C@H](CCOc1cccc(Cl)c1)C[C@H](CN)CC(=O)O. The first-order chi connectivity index (χ1) is 9.51. The number of rotatable bonds is 9. The van der Waals surface area contributed by atoms with Crippen molar-refractivity contribution < 1.29 is 14.6 Å². The van der Waals surface area contributed by atoms with Gasteiger partial charge in [-0.3, -0.25) is 4.79 Å². The second kappa shape index (κ2) is 8.82. The van der Waals surface area contributed by atoms with Crippen LogP contribution in [0.5, 0.6) is 5.75 Å². The highest BCUT2D eigenvalue weighted by atomic mass is 35.5. The normalized spacial score (nSPS) is 13.8. The van der Waals surface area contributed by atoms with Gasteiger partial charge in [-0.1, -0.05) is 24.6 Å². The summed E-state index contributed by atoms with van der Waals surface area (Å²) >= 11 is 5.87. The number of hydrogen-bond acceptors (Lipinski definition) is 3. The molecule has 1 aromatic rings. The van der Waals surface area contributed by atoms with Crippen molar-refractivity contribution in [2.75, 3.05) is 13.2 Å².